The topological polar surface area (TPSA) is 92.2 Å². The molecule has 0 radical (unpaired) electrons. The third-order valence-electron chi connectivity index (χ3n) is 3.01. The van der Waals surface area contributed by atoms with E-state index < -0.39 is 17.9 Å². The Morgan fingerprint density at radius 3 is 2.65 bits per heavy atom. The molecule has 2 aromatic rings. The highest BCUT2D eigenvalue weighted by atomic mass is 16.4. The van der Waals surface area contributed by atoms with E-state index in [1.165, 1.54) is 6.20 Å². The molecule has 0 aromatic carbocycles. The second kappa shape index (κ2) is 5.64. The van der Waals surface area contributed by atoms with Gasteiger partial charge in [-0.25, -0.2) is 4.79 Å². The highest BCUT2D eigenvalue weighted by Crippen LogP contribution is 2.15. The Morgan fingerprint density at radius 2 is 2.00 bits per heavy atom. The summed E-state index contributed by atoms with van der Waals surface area (Å²) < 4.78 is 0. The van der Waals surface area contributed by atoms with Crippen molar-refractivity contribution >= 4 is 22.8 Å². The van der Waals surface area contributed by atoms with E-state index in [-0.39, 0.29) is 5.92 Å². The zero-order valence-corrected chi connectivity index (χ0v) is 11.2. The summed E-state index contributed by atoms with van der Waals surface area (Å²) in [5.74, 6) is -1.70. The van der Waals surface area contributed by atoms with E-state index >= 15 is 0 Å². The number of nitrogens with one attached hydrogen (secondary N) is 1. The molecule has 104 valence electrons. The van der Waals surface area contributed by atoms with Crippen LogP contribution in [0.3, 0.4) is 0 Å². The molecule has 1 amide bonds. The standard InChI is InChI=1S/C14H15N3O3/c1-8(2)12(14(19)20)17-13(18)9-3-6-16-11-4-5-15-7-10(9)11/h3-8,12H,1-2H3,(H,17,18)(H,19,20)/t12-/m0/s1. The maximum absolute atomic E-state index is 12.2. The molecule has 20 heavy (non-hydrogen) atoms. The van der Waals surface area contributed by atoms with Gasteiger partial charge in [-0.15, -0.1) is 0 Å². The number of amides is 1. The normalized spacial score (nSPS) is 12.3. The summed E-state index contributed by atoms with van der Waals surface area (Å²) >= 11 is 0. The first-order valence-corrected chi connectivity index (χ1v) is 6.23. The number of aliphatic carboxylic acids is 1. The Labute approximate surface area is 115 Å². The minimum Gasteiger partial charge on any atom is -0.480 e. The first-order chi connectivity index (χ1) is 9.50. The van der Waals surface area contributed by atoms with E-state index in [0.29, 0.717) is 16.5 Å². The molecule has 0 unspecified atom stereocenters. The second-order valence-electron chi connectivity index (χ2n) is 4.78. The van der Waals surface area contributed by atoms with Crippen LogP contribution in [0.1, 0.15) is 24.2 Å². The van der Waals surface area contributed by atoms with Crippen molar-refractivity contribution in [3.8, 4) is 0 Å². The molecule has 1 atom stereocenters. The number of aromatic nitrogens is 2. The second-order valence-corrected chi connectivity index (χ2v) is 4.78. The van der Waals surface area contributed by atoms with Gasteiger partial charge in [0.25, 0.3) is 5.91 Å². The molecular weight excluding hydrogens is 258 g/mol. The first-order valence-electron chi connectivity index (χ1n) is 6.23. The summed E-state index contributed by atoms with van der Waals surface area (Å²) in [6.07, 6.45) is 4.65. The maximum Gasteiger partial charge on any atom is 0.326 e. The van der Waals surface area contributed by atoms with Gasteiger partial charge in [0.1, 0.15) is 6.04 Å². The number of carbonyl (C=O) groups excluding carboxylic acids is 1. The van der Waals surface area contributed by atoms with Gasteiger partial charge >= 0.3 is 5.97 Å². The van der Waals surface area contributed by atoms with Gasteiger partial charge < -0.3 is 10.4 Å². The smallest absolute Gasteiger partial charge is 0.326 e. The molecule has 0 saturated heterocycles. The van der Waals surface area contributed by atoms with E-state index in [2.05, 4.69) is 15.3 Å². The predicted octanol–water partition coefficient (Wildman–Crippen LogP) is 1.47. The fourth-order valence-corrected chi connectivity index (χ4v) is 1.92. The maximum atomic E-state index is 12.2. The molecule has 0 saturated carbocycles. The van der Waals surface area contributed by atoms with Crippen molar-refractivity contribution in [2.75, 3.05) is 0 Å². The van der Waals surface area contributed by atoms with Crippen molar-refractivity contribution in [1.29, 1.82) is 0 Å². The van der Waals surface area contributed by atoms with Gasteiger partial charge in [-0.2, -0.15) is 0 Å². The molecular formula is C14H15N3O3. The number of pyridine rings is 2. The van der Waals surface area contributed by atoms with Crippen molar-refractivity contribution in [2.24, 2.45) is 5.92 Å². The summed E-state index contributed by atoms with van der Waals surface area (Å²) in [5.41, 5.74) is 1.01. The highest BCUT2D eigenvalue weighted by molar-refractivity contribution is 6.06. The van der Waals surface area contributed by atoms with Crippen LogP contribution in [0, 0.1) is 5.92 Å². The molecule has 0 fully saturated rings. The van der Waals surface area contributed by atoms with Gasteiger partial charge in [-0.05, 0) is 18.1 Å². The molecule has 0 spiro atoms. The van der Waals surface area contributed by atoms with E-state index in [9.17, 15) is 9.59 Å². The summed E-state index contributed by atoms with van der Waals surface area (Å²) in [6, 6.07) is 2.32. The minimum absolute atomic E-state index is 0.206. The van der Waals surface area contributed by atoms with Gasteiger partial charge in [0.05, 0.1) is 11.1 Å². The monoisotopic (exact) mass is 273 g/mol. The van der Waals surface area contributed by atoms with Gasteiger partial charge in [0.15, 0.2) is 0 Å². The Morgan fingerprint density at radius 1 is 1.25 bits per heavy atom. The number of carbonyl (C=O) groups is 2. The largest absolute Gasteiger partial charge is 0.480 e. The predicted molar refractivity (Wildman–Crippen MR) is 73.3 cm³/mol. The Balaban J connectivity index is 2.34. The minimum atomic E-state index is -1.05. The number of hydrogen-bond acceptors (Lipinski definition) is 4. The molecule has 2 rings (SSSR count). The van der Waals surface area contributed by atoms with Crippen molar-refractivity contribution in [2.45, 2.75) is 19.9 Å². The van der Waals surface area contributed by atoms with Crippen LogP contribution in [0.15, 0.2) is 30.7 Å². The summed E-state index contributed by atoms with van der Waals surface area (Å²) in [7, 11) is 0. The zero-order valence-electron chi connectivity index (χ0n) is 11.2. The van der Waals surface area contributed by atoms with Gasteiger partial charge in [0.2, 0.25) is 0 Å². The van der Waals surface area contributed by atoms with Crippen LogP contribution in [0.2, 0.25) is 0 Å². The van der Waals surface area contributed by atoms with Crippen molar-refractivity contribution < 1.29 is 14.7 Å². The summed E-state index contributed by atoms with van der Waals surface area (Å²) in [5, 5.41) is 12.2. The van der Waals surface area contributed by atoms with Gasteiger partial charge in [0, 0.05) is 24.0 Å². The lowest BCUT2D eigenvalue weighted by molar-refractivity contribution is -0.140. The number of carboxylic acid groups (broad SMARTS) is 1. The SMILES string of the molecule is CC(C)[C@H](NC(=O)c1ccnc2ccncc12)C(=O)O. The zero-order chi connectivity index (χ0) is 14.7. The van der Waals surface area contributed by atoms with Crippen LogP contribution in [0.25, 0.3) is 10.9 Å². The summed E-state index contributed by atoms with van der Waals surface area (Å²) in [4.78, 5) is 31.5. The molecule has 2 N–H and O–H groups in total. The lowest BCUT2D eigenvalue weighted by Crippen LogP contribution is -2.44. The molecule has 6 nitrogen and oxygen atoms in total. The van der Waals surface area contributed by atoms with E-state index in [4.69, 9.17) is 5.11 Å². The Bertz CT molecular complexity index is 650. The quantitative estimate of drug-likeness (QED) is 0.880. The third-order valence-corrected chi connectivity index (χ3v) is 3.01. The third kappa shape index (κ3) is 2.74. The van der Waals surface area contributed by atoms with E-state index in [1.54, 1.807) is 38.4 Å². The lowest BCUT2D eigenvalue weighted by Gasteiger charge is -2.18. The molecule has 2 aromatic heterocycles. The molecule has 0 bridgehead atoms. The number of fused-ring (bicyclic) bond motifs is 1. The van der Waals surface area contributed by atoms with Gasteiger partial charge in [-0.1, -0.05) is 13.8 Å². The van der Waals surface area contributed by atoms with Crippen LogP contribution in [-0.2, 0) is 4.79 Å². The Hall–Kier alpha value is -2.50. The molecule has 0 aliphatic rings. The van der Waals surface area contributed by atoms with Crippen molar-refractivity contribution in [1.82, 2.24) is 15.3 Å². The molecule has 0 aliphatic carbocycles. The molecule has 2 heterocycles. The Kier molecular flexibility index (Phi) is 3.93. The number of hydrogen-bond donors (Lipinski definition) is 2. The highest BCUT2D eigenvalue weighted by Gasteiger charge is 2.24. The average Bonchev–Trinajstić information content (AvgIpc) is 2.43. The van der Waals surface area contributed by atoms with E-state index in [0.717, 1.165) is 0 Å². The van der Waals surface area contributed by atoms with Gasteiger partial charge in [-0.3, -0.25) is 14.8 Å². The van der Waals surface area contributed by atoms with Crippen LogP contribution in [-0.4, -0.2) is 33.0 Å². The van der Waals surface area contributed by atoms with Crippen molar-refractivity contribution in [3.05, 3.63) is 36.3 Å². The van der Waals surface area contributed by atoms with E-state index in [1.807, 2.05) is 0 Å². The molecule has 0 aliphatic heterocycles. The van der Waals surface area contributed by atoms with Crippen LogP contribution >= 0.6 is 0 Å². The van der Waals surface area contributed by atoms with Crippen LogP contribution < -0.4 is 5.32 Å². The van der Waals surface area contributed by atoms with Crippen molar-refractivity contribution in [3.63, 3.8) is 0 Å². The fraction of sp³-hybridized carbons (Fsp3) is 0.286. The first kappa shape index (κ1) is 13.9. The average molecular weight is 273 g/mol. The number of rotatable bonds is 4. The number of nitrogens with zero attached hydrogens (tertiary/aromatic N) is 2. The molecule has 6 heteroatoms. The number of carboxylic acids is 1. The summed E-state index contributed by atoms with van der Waals surface area (Å²) in [6.45, 7) is 3.48. The lowest BCUT2D eigenvalue weighted by atomic mass is 10.0. The van der Waals surface area contributed by atoms with Crippen LogP contribution in [0.5, 0.6) is 0 Å². The fourth-order valence-electron chi connectivity index (χ4n) is 1.92. The van der Waals surface area contributed by atoms with Crippen LogP contribution in [0.4, 0.5) is 0 Å².